The fourth-order valence-electron chi connectivity index (χ4n) is 4.27. The van der Waals surface area contributed by atoms with Crippen molar-refractivity contribution in [3.8, 4) is 17.0 Å². The van der Waals surface area contributed by atoms with Crippen LogP contribution < -0.4 is 9.64 Å². The van der Waals surface area contributed by atoms with Crippen LogP contribution in [0.2, 0.25) is 5.02 Å². The summed E-state index contributed by atoms with van der Waals surface area (Å²) in [5.41, 5.74) is 2.23. The van der Waals surface area contributed by atoms with Crippen LogP contribution in [0.1, 0.15) is 30.6 Å². The molecule has 2 heterocycles. The second-order valence-corrected chi connectivity index (χ2v) is 9.51. The molecule has 0 saturated carbocycles. The molecule has 0 radical (unpaired) electrons. The number of hydrogen-bond donors (Lipinski definition) is 0. The maximum Gasteiger partial charge on any atom is 0.254 e. The molecular weight excluding hydrogens is 490 g/mol. The van der Waals surface area contributed by atoms with E-state index in [1.807, 2.05) is 55.1 Å². The first-order valence-corrected chi connectivity index (χ1v) is 12.8. The normalized spacial score (nSPS) is 14.3. The predicted octanol–water partition coefficient (Wildman–Crippen LogP) is 4.40. The van der Waals surface area contributed by atoms with E-state index in [2.05, 4.69) is 15.1 Å². The molecule has 37 heavy (non-hydrogen) atoms. The van der Waals surface area contributed by atoms with Crippen molar-refractivity contribution < 1.29 is 14.3 Å². The number of methoxy groups -OCH3 is 1. The van der Waals surface area contributed by atoms with Crippen LogP contribution in [0.5, 0.6) is 5.75 Å². The molecule has 194 valence electrons. The first-order chi connectivity index (χ1) is 17.9. The Labute approximate surface area is 222 Å². The van der Waals surface area contributed by atoms with Gasteiger partial charge in [-0.15, -0.1) is 10.2 Å². The summed E-state index contributed by atoms with van der Waals surface area (Å²) in [7, 11) is 1.64. The van der Waals surface area contributed by atoms with E-state index in [4.69, 9.17) is 16.3 Å². The fourth-order valence-corrected chi connectivity index (χ4v) is 4.39. The maximum atomic E-state index is 13.2. The molecule has 0 unspecified atom stereocenters. The van der Waals surface area contributed by atoms with Gasteiger partial charge in [-0.3, -0.25) is 9.59 Å². The molecule has 2 aromatic carbocycles. The Morgan fingerprint density at radius 2 is 1.76 bits per heavy atom. The lowest BCUT2D eigenvalue weighted by Crippen LogP contribution is -2.53. The van der Waals surface area contributed by atoms with Gasteiger partial charge < -0.3 is 19.4 Å². The number of halogens is 1. The number of piperazine rings is 1. The Morgan fingerprint density at radius 3 is 2.38 bits per heavy atom. The number of nitrogens with zero attached hydrogens (tertiary/aromatic N) is 5. The van der Waals surface area contributed by atoms with Crippen LogP contribution in [-0.4, -0.2) is 77.7 Å². The minimum absolute atomic E-state index is 0.0471. The Morgan fingerprint density at radius 1 is 1.03 bits per heavy atom. The van der Waals surface area contributed by atoms with E-state index in [0.717, 1.165) is 29.2 Å². The van der Waals surface area contributed by atoms with Gasteiger partial charge in [0.05, 0.1) is 12.8 Å². The third kappa shape index (κ3) is 6.38. The second kappa shape index (κ2) is 12.1. The van der Waals surface area contributed by atoms with Gasteiger partial charge in [0.25, 0.3) is 5.91 Å². The third-order valence-corrected chi connectivity index (χ3v) is 7.00. The first-order valence-electron chi connectivity index (χ1n) is 12.5. The molecule has 4 rings (SSSR count). The second-order valence-electron chi connectivity index (χ2n) is 9.07. The summed E-state index contributed by atoms with van der Waals surface area (Å²) < 4.78 is 5.29. The molecule has 0 aliphatic carbocycles. The zero-order valence-corrected chi connectivity index (χ0v) is 22.2. The van der Waals surface area contributed by atoms with Gasteiger partial charge in [0.2, 0.25) is 5.91 Å². The lowest BCUT2D eigenvalue weighted by molar-refractivity contribution is -0.132. The zero-order chi connectivity index (χ0) is 26.4. The van der Waals surface area contributed by atoms with Crippen molar-refractivity contribution in [2.45, 2.75) is 26.3 Å². The lowest BCUT2D eigenvalue weighted by Gasteiger charge is -2.37. The van der Waals surface area contributed by atoms with Crippen LogP contribution in [0.15, 0.2) is 60.7 Å². The highest BCUT2D eigenvalue weighted by molar-refractivity contribution is 6.30. The molecule has 0 spiro atoms. The van der Waals surface area contributed by atoms with Crippen LogP contribution in [0.25, 0.3) is 11.3 Å². The molecule has 3 aromatic rings. The minimum atomic E-state index is -0.163. The van der Waals surface area contributed by atoms with Gasteiger partial charge in [-0.25, -0.2) is 0 Å². The minimum Gasteiger partial charge on any atom is -0.497 e. The van der Waals surface area contributed by atoms with E-state index in [0.29, 0.717) is 36.8 Å². The first kappa shape index (κ1) is 26.4. The molecule has 1 aromatic heterocycles. The van der Waals surface area contributed by atoms with Gasteiger partial charge >= 0.3 is 0 Å². The Bertz CT molecular complexity index is 1210. The van der Waals surface area contributed by atoms with Crippen LogP contribution in [0, 0.1) is 0 Å². The van der Waals surface area contributed by atoms with Crippen LogP contribution in [0.3, 0.4) is 0 Å². The van der Waals surface area contributed by atoms with Gasteiger partial charge in [0.1, 0.15) is 12.3 Å². The molecular formula is C28H32ClN5O3. The van der Waals surface area contributed by atoms with Crippen molar-refractivity contribution in [3.63, 3.8) is 0 Å². The quantitative estimate of drug-likeness (QED) is 0.437. The number of carbonyl (C=O) groups excluding carboxylic acids is 2. The van der Waals surface area contributed by atoms with Gasteiger partial charge in [0.15, 0.2) is 5.82 Å². The van der Waals surface area contributed by atoms with Gasteiger partial charge in [0, 0.05) is 48.4 Å². The highest BCUT2D eigenvalue weighted by atomic mass is 35.5. The lowest BCUT2D eigenvalue weighted by atomic mass is 10.1. The predicted molar refractivity (Wildman–Crippen MR) is 145 cm³/mol. The molecule has 1 saturated heterocycles. The number of hydrogen-bond acceptors (Lipinski definition) is 6. The standard InChI is InChI=1S/C28H32ClN5O3/c1-4-20(2)34(28(36)21-8-10-23(29)11-9-21)19-27(35)33-16-14-32(15-17-33)26-13-12-25(30-31-26)22-6-5-7-24(18-22)37-3/h5-13,18,20H,4,14-17,19H2,1-3H3/t20-/m0/s1. The highest BCUT2D eigenvalue weighted by Gasteiger charge is 2.28. The number of benzene rings is 2. The Kier molecular flexibility index (Phi) is 8.61. The number of aromatic nitrogens is 2. The Balaban J connectivity index is 1.36. The summed E-state index contributed by atoms with van der Waals surface area (Å²) >= 11 is 5.97. The van der Waals surface area contributed by atoms with Crippen molar-refractivity contribution in [2.75, 3.05) is 44.7 Å². The molecule has 1 aliphatic rings. The topological polar surface area (TPSA) is 78.9 Å². The number of amides is 2. The van der Waals surface area contributed by atoms with E-state index in [1.54, 1.807) is 36.3 Å². The average Bonchev–Trinajstić information content (AvgIpc) is 2.95. The van der Waals surface area contributed by atoms with Crippen molar-refractivity contribution in [1.29, 1.82) is 0 Å². The monoisotopic (exact) mass is 521 g/mol. The molecule has 1 atom stereocenters. The fraction of sp³-hybridized carbons (Fsp3) is 0.357. The summed E-state index contributed by atoms with van der Waals surface area (Å²) in [6, 6.07) is 18.3. The summed E-state index contributed by atoms with van der Waals surface area (Å²) in [5.74, 6) is 1.33. The van der Waals surface area contributed by atoms with Gasteiger partial charge in [-0.05, 0) is 61.9 Å². The third-order valence-electron chi connectivity index (χ3n) is 6.75. The van der Waals surface area contributed by atoms with Crippen LogP contribution >= 0.6 is 11.6 Å². The SMILES string of the molecule is CC[C@H](C)N(CC(=O)N1CCN(c2ccc(-c3cccc(OC)c3)nn2)CC1)C(=O)c1ccc(Cl)cc1. The van der Waals surface area contributed by atoms with E-state index < -0.39 is 0 Å². The summed E-state index contributed by atoms with van der Waals surface area (Å²) in [6.45, 7) is 6.43. The summed E-state index contributed by atoms with van der Waals surface area (Å²) in [4.78, 5) is 31.9. The zero-order valence-electron chi connectivity index (χ0n) is 21.4. The molecule has 0 bridgehead atoms. The Hall–Kier alpha value is -3.65. The largest absolute Gasteiger partial charge is 0.497 e. The van der Waals surface area contributed by atoms with Crippen molar-refractivity contribution in [1.82, 2.24) is 20.0 Å². The van der Waals surface area contributed by atoms with E-state index in [1.165, 1.54) is 0 Å². The number of ether oxygens (including phenoxy) is 1. The molecule has 1 fully saturated rings. The molecule has 1 aliphatic heterocycles. The van der Waals surface area contributed by atoms with Crippen molar-refractivity contribution >= 4 is 29.2 Å². The maximum absolute atomic E-state index is 13.2. The molecule has 2 amide bonds. The van der Waals surface area contributed by atoms with Gasteiger partial charge in [-0.1, -0.05) is 30.7 Å². The smallest absolute Gasteiger partial charge is 0.254 e. The van der Waals surface area contributed by atoms with Crippen LogP contribution in [-0.2, 0) is 4.79 Å². The molecule has 8 nitrogen and oxygen atoms in total. The highest BCUT2D eigenvalue weighted by Crippen LogP contribution is 2.23. The summed E-state index contributed by atoms with van der Waals surface area (Å²) in [5, 5.41) is 9.38. The molecule has 0 N–H and O–H groups in total. The van der Waals surface area contributed by atoms with Crippen molar-refractivity contribution in [3.05, 3.63) is 71.2 Å². The van der Waals surface area contributed by atoms with Gasteiger partial charge in [-0.2, -0.15) is 0 Å². The van der Waals surface area contributed by atoms with E-state index in [-0.39, 0.29) is 24.4 Å². The molecule has 9 heteroatoms. The summed E-state index contributed by atoms with van der Waals surface area (Å²) in [6.07, 6.45) is 0.755. The van der Waals surface area contributed by atoms with Crippen molar-refractivity contribution in [2.24, 2.45) is 0 Å². The van der Waals surface area contributed by atoms with Crippen LogP contribution in [0.4, 0.5) is 5.82 Å². The average molecular weight is 522 g/mol. The number of carbonyl (C=O) groups is 2. The van der Waals surface area contributed by atoms with E-state index >= 15 is 0 Å². The number of anilines is 1. The number of rotatable bonds is 8. The van der Waals surface area contributed by atoms with E-state index in [9.17, 15) is 9.59 Å².